The van der Waals surface area contributed by atoms with Gasteiger partial charge in [0.05, 0.1) is 11.9 Å². The van der Waals surface area contributed by atoms with E-state index in [1.807, 2.05) is 25.6 Å². The Hall–Kier alpha value is -2.16. The van der Waals surface area contributed by atoms with Crippen LogP contribution < -0.4 is 0 Å². The molecule has 3 rings (SSSR count). The second-order valence-electron chi connectivity index (χ2n) is 6.76. The van der Waals surface area contributed by atoms with E-state index in [9.17, 15) is 0 Å². The zero-order valence-electron chi connectivity index (χ0n) is 13.3. The van der Waals surface area contributed by atoms with E-state index in [1.54, 1.807) is 4.68 Å². The predicted molar refractivity (Wildman–Crippen MR) is 87.4 cm³/mol. The highest BCUT2D eigenvalue weighted by atomic mass is 15.2. The van der Waals surface area contributed by atoms with E-state index in [0.29, 0.717) is 0 Å². The lowest BCUT2D eigenvalue weighted by atomic mass is 9.83. The number of hydrogen-bond donors (Lipinski definition) is 0. The van der Waals surface area contributed by atoms with Crippen LogP contribution in [0, 0.1) is 6.92 Å². The van der Waals surface area contributed by atoms with Crippen molar-refractivity contribution in [3.05, 3.63) is 47.9 Å². The number of fused-ring (bicyclic) bond motifs is 1. The second-order valence-corrected chi connectivity index (χ2v) is 6.76. The van der Waals surface area contributed by atoms with Crippen LogP contribution in [-0.2, 0) is 12.5 Å². The number of pyridine rings is 1. The van der Waals surface area contributed by atoms with Gasteiger partial charge in [-0.1, -0.05) is 38.5 Å². The average molecular weight is 279 g/mol. The third-order valence-corrected chi connectivity index (χ3v) is 3.79. The van der Waals surface area contributed by atoms with Crippen molar-refractivity contribution in [3.8, 4) is 11.3 Å². The number of rotatable bonds is 1. The molecule has 0 radical (unpaired) electrons. The van der Waals surface area contributed by atoms with Gasteiger partial charge in [-0.25, -0.2) is 0 Å². The summed E-state index contributed by atoms with van der Waals surface area (Å²) in [5.74, 6) is 0. The fourth-order valence-corrected chi connectivity index (χ4v) is 2.74. The molecule has 0 spiro atoms. The van der Waals surface area contributed by atoms with Crippen molar-refractivity contribution in [2.75, 3.05) is 0 Å². The molecule has 2 aromatic heterocycles. The molecule has 3 nitrogen and oxygen atoms in total. The lowest BCUT2D eigenvalue weighted by Gasteiger charge is -2.22. The molecule has 0 saturated heterocycles. The molecule has 0 fully saturated rings. The summed E-state index contributed by atoms with van der Waals surface area (Å²) in [5, 5.41) is 6.71. The molecule has 0 atom stereocenters. The van der Waals surface area contributed by atoms with Crippen LogP contribution in [0.15, 0.2) is 36.8 Å². The molecule has 0 N–H and O–H groups in total. The van der Waals surface area contributed by atoms with Gasteiger partial charge in [-0.3, -0.25) is 9.67 Å². The van der Waals surface area contributed by atoms with E-state index >= 15 is 0 Å². The van der Waals surface area contributed by atoms with Crippen molar-refractivity contribution in [3.63, 3.8) is 0 Å². The molecular weight excluding hydrogens is 258 g/mol. The molecule has 1 aromatic carbocycles. The Bertz CT molecular complexity index is 807. The minimum Gasteiger partial charge on any atom is -0.275 e. The Morgan fingerprint density at radius 1 is 1.05 bits per heavy atom. The first-order valence-corrected chi connectivity index (χ1v) is 7.24. The molecule has 0 aliphatic carbocycles. The Labute approximate surface area is 125 Å². The Morgan fingerprint density at radius 2 is 1.81 bits per heavy atom. The largest absolute Gasteiger partial charge is 0.275 e. The summed E-state index contributed by atoms with van der Waals surface area (Å²) in [7, 11) is 1.92. The molecule has 0 amide bonds. The van der Waals surface area contributed by atoms with Crippen LogP contribution in [-0.4, -0.2) is 14.8 Å². The quantitative estimate of drug-likeness (QED) is 0.667. The van der Waals surface area contributed by atoms with Gasteiger partial charge in [0.1, 0.15) is 0 Å². The molecule has 0 aliphatic heterocycles. The zero-order valence-corrected chi connectivity index (χ0v) is 13.3. The van der Waals surface area contributed by atoms with E-state index in [1.165, 1.54) is 21.9 Å². The van der Waals surface area contributed by atoms with Gasteiger partial charge in [-0.15, -0.1) is 0 Å². The summed E-state index contributed by atoms with van der Waals surface area (Å²) < 4.78 is 1.80. The third kappa shape index (κ3) is 2.56. The van der Waals surface area contributed by atoms with E-state index in [0.717, 1.165) is 11.3 Å². The molecule has 0 bridgehead atoms. The van der Waals surface area contributed by atoms with Crippen LogP contribution in [0.1, 0.15) is 31.9 Å². The summed E-state index contributed by atoms with van der Waals surface area (Å²) >= 11 is 0. The lowest BCUT2D eigenvalue weighted by Crippen LogP contribution is -2.12. The number of aryl methyl sites for hydroxylation is 2. The van der Waals surface area contributed by atoms with E-state index in [-0.39, 0.29) is 5.41 Å². The maximum absolute atomic E-state index is 4.64. The molecule has 108 valence electrons. The highest BCUT2D eigenvalue weighted by Crippen LogP contribution is 2.32. The number of benzene rings is 1. The Balaban J connectivity index is 2.23. The summed E-state index contributed by atoms with van der Waals surface area (Å²) in [6.07, 6.45) is 5.85. The third-order valence-electron chi connectivity index (χ3n) is 3.79. The number of nitrogens with zero attached hydrogens (tertiary/aromatic N) is 3. The standard InChI is InChI=1S/C18H21N3/c1-12-6-13-8-17(14-9-20-21(5)11-14)19-10-15(13)16(7-12)18(2,3)4/h6-11H,1-5H3. The van der Waals surface area contributed by atoms with Gasteiger partial charge in [0.15, 0.2) is 0 Å². The van der Waals surface area contributed by atoms with Crippen LogP contribution in [0.4, 0.5) is 0 Å². The van der Waals surface area contributed by atoms with E-state index in [2.05, 4.69) is 56.0 Å². The number of hydrogen-bond acceptors (Lipinski definition) is 2. The van der Waals surface area contributed by atoms with Gasteiger partial charge in [-0.05, 0) is 29.4 Å². The smallest absolute Gasteiger partial charge is 0.0739 e. The normalized spacial score (nSPS) is 12.0. The van der Waals surface area contributed by atoms with Crippen molar-refractivity contribution in [1.29, 1.82) is 0 Å². The summed E-state index contributed by atoms with van der Waals surface area (Å²) in [4.78, 5) is 4.64. The average Bonchev–Trinajstić information content (AvgIpc) is 2.82. The summed E-state index contributed by atoms with van der Waals surface area (Å²) in [5.41, 5.74) is 4.78. The Kier molecular flexibility index (Phi) is 3.08. The first-order chi connectivity index (χ1) is 9.84. The summed E-state index contributed by atoms with van der Waals surface area (Å²) in [6.45, 7) is 8.89. The first kappa shape index (κ1) is 13.8. The van der Waals surface area contributed by atoms with Crippen LogP contribution in [0.2, 0.25) is 0 Å². The van der Waals surface area contributed by atoms with Crippen molar-refractivity contribution < 1.29 is 0 Å². The van der Waals surface area contributed by atoms with Crippen LogP contribution in [0.3, 0.4) is 0 Å². The van der Waals surface area contributed by atoms with Crippen molar-refractivity contribution >= 4 is 10.8 Å². The molecule has 0 saturated carbocycles. The van der Waals surface area contributed by atoms with Gasteiger partial charge in [0.2, 0.25) is 0 Å². The molecule has 0 aliphatic rings. The maximum atomic E-state index is 4.64. The maximum Gasteiger partial charge on any atom is 0.0739 e. The lowest BCUT2D eigenvalue weighted by molar-refractivity contribution is 0.595. The van der Waals surface area contributed by atoms with Crippen LogP contribution in [0.25, 0.3) is 22.0 Å². The van der Waals surface area contributed by atoms with Gasteiger partial charge in [0.25, 0.3) is 0 Å². The SMILES string of the molecule is Cc1cc(C(C)(C)C)c2cnc(-c3cnn(C)c3)cc2c1. The molecule has 3 aromatic rings. The molecule has 0 unspecified atom stereocenters. The van der Waals surface area contributed by atoms with Crippen molar-refractivity contribution in [1.82, 2.24) is 14.8 Å². The van der Waals surface area contributed by atoms with Gasteiger partial charge in [-0.2, -0.15) is 5.10 Å². The zero-order chi connectivity index (χ0) is 15.2. The van der Waals surface area contributed by atoms with Gasteiger partial charge >= 0.3 is 0 Å². The van der Waals surface area contributed by atoms with Crippen molar-refractivity contribution in [2.45, 2.75) is 33.1 Å². The van der Waals surface area contributed by atoms with E-state index < -0.39 is 0 Å². The van der Waals surface area contributed by atoms with Gasteiger partial charge in [0, 0.05) is 30.4 Å². The highest BCUT2D eigenvalue weighted by Gasteiger charge is 2.18. The minimum atomic E-state index is 0.113. The van der Waals surface area contributed by atoms with Crippen LogP contribution in [0.5, 0.6) is 0 Å². The monoisotopic (exact) mass is 279 g/mol. The first-order valence-electron chi connectivity index (χ1n) is 7.24. The Morgan fingerprint density at radius 3 is 2.43 bits per heavy atom. The summed E-state index contributed by atoms with van der Waals surface area (Å²) in [6, 6.07) is 6.66. The molecular formula is C18H21N3. The fraction of sp³-hybridized carbons (Fsp3) is 0.333. The second kappa shape index (κ2) is 4.69. The number of aromatic nitrogens is 3. The van der Waals surface area contributed by atoms with Crippen molar-refractivity contribution in [2.24, 2.45) is 7.05 Å². The van der Waals surface area contributed by atoms with Gasteiger partial charge < -0.3 is 0 Å². The van der Waals surface area contributed by atoms with Crippen LogP contribution >= 0.6 is 0 Å². The fourth-order valence-electron chi connectivity index (χ4n) is 2.74. The molecule has 2 heterocycles. The highest BCUT2D eigenvalue weighted by molar-refractivity contribution is 5.89. The minimum absolute atomic E-state index is 0.113. The topological polar surface area (TPSA) is 30.7 Å². The predicted octanol–water partition coefficient (Wildman–Crippen LogP) is 4.24. The van der Waals surface area contributed by atoms with E-state index in [4.69, 9.17) is 0 Å². The molecule has 21 heavy (non-hydrogen) atoms. The molecule has 3 heteroatoms.